The van der Waals surface area contributed by atoms with Crippen LogP contribution in [0.3, 0.4) is 0 Å². The third-order valence-electron chi connectivity index (χ3n) is 2.28. The summed E-state index contributed by atoms with van der Waals surface area (Å²) in [5.74, 6) is 0.235. The second-order valence-electron chi connectivity index (χ2n) is 4.88. The molecule has 2 nitrogen and oxygen atoms in total. The van der Waals surface area contributed by atoms with E-state index in [0.29, 0.717) is 6.42 Å². The van der Waals surface area contributed by atoms with E-state index in [1.807, 2.05) is 31.2 Å². The van der Waals surface area contributed by atoms with Crippen LogP contribution in [-0.4, -0.2) is 31.4 Å². The van der Waals surface area contributed by atoms with Crippen molar-refractivity contribution in [3.8, 4) is 0 Å². The van der Waals surface area contributed by atoms with Gasteiger partial charge < -0.3 is 4.48 Å². The van der Waals surface area contributed by atoms with Gasteiger partial charge in [-0.1, -0.05) is 31.2 Å². The molecular formula is C13H20NO+. The Kier molecular flexibility index (Phi) is 3.64. The van der Waals surface area contributed by atoms with E-state index >= 15 is 0 Å². The van der Waals surface area contributed by atoms with Crippen molar-refractivity contribution < 1.29 is 9.28 Å². The Bertz CT molecular complexity index is 350. The first-order valence-electron chi connectivity index (χ1n) is 5.35. The zero-order valence-corrected chi connectivity index (χ0v) is 10.1. The van der Waals surface area contributed by atoms with E-state index in [9.17, 15) is 4.79 Å². The summed E-state index contributed by atoms with van der Waals surface area (Å²) in [6.45, 7) is 2.80. The molecule has 0 bridgehead atoms. The molecule has 0 fully saturated rings. The number of rotatable bonds is 4. The topological polar surface area (TPSA) is 17.1 Å². The van der Waals surface area contributed by atoms with Gasteiger partial charge in [0.15, 0.2) is 5.78 Å². The first-order chi connectivity index (χ1) is 6.94. The second-order valence-corrected chi connectivity index (χ2v) is 4.88. The number of benzene rings is 1. The van der Waals surface area contributed by atoms with Crippen LogP contribution in [-0.2, 0) is 6.54 Å². The summed E-state index contributed by atoms with van der Waals surface area (Å²) >= 11 is 0. The fourth-order valence-electron chi connectivity index (χ4n) is 1.63. The second kappa shape index (κ2) is 4.58. The van der Waals surface area contributed by atoms with Crippen LogP contribution >= 0.6 is 0 Å². The number of nitrogens with zero attached hydrogens (tertiary/aromatic N) is 1. The number of carbonyl (C=O) groups is 1. The van der Waals surface area contributed by atoms with Gasteiger partial charge in [0, 0.05) is 17.5 Å². The first-order valence-corrected chi connectivity index (χ1v) is 5.35. The molecule has 0 aliphatic rings. The van der Waals surface area contributed by atoms with Crippen LogP contribution in [0.5, 0.6) is 0 Å². The Morgan fingerprint density at radius 2 is 1.80 bits per heavy atom. The Morgan fingerprint density at radius 1 is 1.20 bits per heavy atom. The highest BCUT2D eigenvalue weighted by molar-refractivity contribution is 5.97. The van der Waals surface area contributed by atoms with Crippen molar-refractivity contribution in [1.29, 1.82) is 0 Å². The number of hydrogen-bond donors (Lipinski definition) is 0. The van der Waals surface area contributed by atoms with Crippen LogP contribution in [0.25, 0.3) is 0 Å². The molecular weight excluding hydrogens is 186 g/mol. The fraction of sp³-hybridized carbons (Fsp3) is 0.462. The molecule has 1 rings (SSSR count). The van der Waals surface area contributed by atoms with Gasteiger partial charge in [-0.2, -0.15) is 0 Å². The molecule has 0 saturated heterocycles. The third-order valence-corrected chi connectivity index (χ3v) is 2.28. The molecule has 0 amide bonds. The van der Waals surface area contributed by atoms with E-state index in [4.69, 9.17) is 0 Å². The van der Waals surface area contributed by atoms with E-state index in [1.165, 1.54) is 0 Å². The highest BCUT2D eigenvalue weighted by Crippen LogP contribution is 2.14. The van der Waals surface area contributed by atoms with Crippen LogP contribution in [0.4, 0.5) is 0 Å². The average Bonchev–Trinajstić information content (AvgIpc) is 2.15. The largest absolute Gasteiger partial charge is 0.327 e. The monoisotopic (exact) mass is 206 g/mol. The molecule has 0 aromatic heterocycles. The number of hydrogen-bond acceptors (Lipinski definition) is 1. The lowest BCUT2D eigenvalue weighted by atomic mass is 10.0. The molecule has 0 aliphatic carbocycles. The summed E-state index contributed by atoms with van der Waals surface area (Å²) in [5, 5.41) is 0. The number of ketones is 1. The predicted octanol–water partition coefficient (Wildman–Crippen LogP) is 2.49. The molecule has 2 heteroatoms. The smallest absolute Gasteiger partial charge is 0.163 e. The average molecular weight is 206 g/mol. The van der Waals surface area contributed by atoms with Crippen LogP contribution in [0.15, 0.2) is 24.3 Å². The highest BCUT2D eigenvalue weighted by atomic mass is 16.1. The number of Topliss-reactive ketones (excluding diaryl/α,β-unsaturated/α-hetero) is 1. The van der Waals surface area contributed by atoms with Crippen LogP contribution in [0.2, 0.25) is 0 Å². The molecule has 1 aromatic rings. The van der Waals surface area contributed by atoms with Gasteiger partial charge in [-0.3, -0.25) is 4.79 Å². The summed E-state index contributed by atoms with van der Waals surface area (Å²) in [4.78, 5) is 11.7. The lowest BCUT2D eigenvalue weighted by Crippen LogP contribution is -2.34. The lowest BCUT2D eigenvalue weighted by Gasteiger charge is -2.24. The lowest BCUT2D eigenvalue weighted by molar-refractivity contribution is -0.884. The van der Waals surface area contributed by atoms with Gasteiger partial charge in [-0.25, -0.2) is 0 Å². The van der Waals surface area contributed by atoms with Crippen molar-refractivity contribution in [1.82, 2.24) is 0 Å². The van der Waals surface area contributed by atoms with Crippen molar-refractivity contribution in [2.45, 2.75) is 19.9 Å². The van der Waals surface area contributed by atoms with Crippen molar-refractivity contribution in [2.24, 2.45) is 0 Å². The summed E-state index contributed by atoms with van der Waals surface area (Å²) < 4.78 is 0.841. The molecule has 1 aromatic carbocycles. The number of carbonyl (C=O) groups excluding carboxylic acids is 1. The van der Waals surface area contributed by atoms with E-state index in [-0.39, 0.29) is 5.78 Å². The van der Waals surface area contributed by atoms with Crippen LogP contribution in [0, 0.1) is 0 Å². The van der Waals surface area contributed by atoms with Gasteiger partial charge in [0.1, 0.15) is 6.54 Å². The van der Waals surface area contributed by atoms with Gasteiger partial charge in [0.05, 0.1) is 21.1 Å². The summed E-state index contributed by atoms with van der Waals surface area (Å²) in [5.41, 5.74) is 2.03. The zero-order chi connectivity index (χ0) is 11.5. The van der Waals surface area contributed by atoms with E-state index in [2.05, 4.69) is 21.1 Å². The first kappa shape index (κ1) is 11.9. The zero-order valence-electron chi connectivity index (χ0n) is 10.1. The van der Waals surface area contributed by atoms with Crippen molar-refractivity contribution in [3.05, 3.63) is 35.4 Å². The molecule has 0 aliphatic heterocycles. The van der Waals surface area contributed by atoms with E-state index in [1.54, 1.807) is 0 Å². The van der Waals surface area contributed by atoms with E-state index in [0.717, 1.165) is 22.2 Å². The molecule has 0 radical (unpaired) electrons. The molecule has 0 spiro atoms. The maximum absolute atomic E-state index is 11.7. The Balaban J connectivity index is 3.02. The molecule has 0 saturated carbocycles. The van der Waals surface area contributed by atoms with Gasteiger partial charge in [0.2, 0.25) is 0 Å². The highest BCUT2D eigenvalue weighted by Gasteiger charge is 2.15. The summed E-state index contributed by atoms with van der Waals surface area (Å²) in [7, 11) is 6.40. The molecule has 0 N–H and O–H groups in total. The standard InChI is InChI=1S/C13H20NO/c1-5-13(15)12-9-7-6-8-11(12)10-14(2,3)4/h6-9H,5,10H2,1-4H3/q+1. The minimum absolute atomic E-state index is 0.235. The third kappa shape index (κ3) is 3.48. The minimum Gasteiger partial charge on any atom is -0.327 e. The minimum atomic E-state index is 0.235. The van der Waals surface area contributed by atoms with Gasteiger partial charge >= 0.3 is 0 Å². The van der Waals surface area contributed by atoms with Crippen LogP contribution < -0.4 is 0 Å². The van der Waals surface area contributed by atoms with Crippen molar-refractivity contribution in [2.75, 3.05) is 21.1 Å². The molecule has 82 valence electrons. The van der Waals surface area contributed by atoms with Gasteiger partial charge in [-0.05, 0) is 0 Å². The quantitative estimate of drug-likeness (QED) is 0.546. The Labute approximate surface area is 92.1 Å². The van der Waals surface area contributed by atoms with Crippen LogP contribution in [0.1, 0.15) is 29.3 Å². The maximum Gasteiger partial charge on any atom is 0.163 e. The summed E-state index contributed by atoms with van der Waals surface area (Å²) in [6.07, 6.45) is 0.578. The van der Waals surface area contributed by atoms with Crippen molar-refractivity contribution in [3.63, 3.8) is 0 Å². The van der Waals surface area contributed by atoms with Gasteiger partial charge in [0.25, 0.3) is 0 Å². The molecule has 0 unspecified atom stereocenters. The Hall–Kier alpha value is -1.15. The SMILES string of the molecule is CCC(=O)c1ccccc1C[N+](C)(C)C. The molecule has 0 atom stereocenters. The van der Waals surface area contributed by atoms with Crippen molar-refractivity contribution >= 4 is 5.78 Å². The fourth-order valence-corrected chi connectivity index (χ4v) is 1.63. The normalized spacial score (nSPS) is 11.5. The Morgan fingerprint density at radius 3 is 2.33 bits per heavy atom. The van der Waals surface area contributed by atoms with Gasteiger partial charge in [-0.15, -0.1) is 0 Å². The van der Waals surface area contributed by atoms with E-state index < -0.39 is 0 Å². The number of quaternary nitrogens is 1. The molecule has 0 heterocycles. The maximum atomic E-state index is 11.7. The predicted molar refractivity (Wildman–Crippen MR) is 62.8 cm³/mol. The molecule has 15 heavy (non-hydrogen) atoms. The summed E-state index contributed by atoms with van der Waals surface area (Å²) in [6, 6.07) is 7.91.